The third-order valence-electron chi connectivity index (χ3n) is 4.11. The molecule has 0 atom stereocenters. The lowest BCUT2D eigenvalue weighted by molar-refractivity contribution is 0.0953. The number of carbonyl (C=O) groups is 1. The molecule has 0 saturated carbocycles. The Kier molecular flexibility index (Phi) is 4.98. The Morgan fingerprint density at radius 2 is 2.04 bits per heavy atom. The first-order valence-electron chi connectivity index (χ1n) is 8.30. The van der Waals surface area contributed by atoms with Crippen LogP contribution in [-0.2, 0) is 0 Å². The van der Waals surface area contributed by atoms with E-state index in [0.29, 0.717) is 24.4 Å². The highest BCUT2D eigenvalue weighted by Crippen LogP contribution is 2.20. The molecule has 128 valence electrons. The molecule has 2 aromatic rings. The second-order valence-electron chi connectivity index (χ2n) is 6.00. The number of nitrogens with one attached hydrogen (secondary N) is 2. The molecule has 3 heterocycles. The summed E-state index contributed by atoms with van der Waals surface area (Å²) in [5.41, 5.74) is 1.68. The third-order valence-corrected chi connectivity index (χ3v) is 4.11. The second kappa shape index (κ2) is 7.33. The van der Waals surface area contributed by atoms with Gasteiger partial charge in [0.2, 0.25) is 0 Å². The second-order valence-corrected chi connectivity index (χ2v) is 6.00. The number of carbonyl (C=O) groups excluding carboxylic acids is 1. The zero-order valence-electron chi connectivity index (χ0n) is 14.1. The molecule has 7 heteroatoms. The van der Waals surface area contributed by atoms with E-state index in [-0.39, 0.29) is 5.91 Å². The molecule has 0 spiro atoms. The molecule has 2 N–H and O–H groups in total. The predicted molar refractivity (Wildman–Crippen MR) is 92.5 cm³/mol. The Labute approximate surface area is 141 Å². The van der Waals surface area contributed by atoms with Gasteiger partial charge in [-0.15, -0.1) is 5.10 Å². The zero-order valence-corrected chi connectivity index (χ0v) is 14.1. The molecule has 1 saturated heterocycles. The minimum Gasteiger partial charge on any atom is -0.466 e. The number of aryl methyl sites for hydroxylation is 2. The van der Waals surface area contributed by atoms with E-state index in [1.54, 1.807) is 19.2 Å². The fourth-order valence-corrected chi connectivity index (χ4v) is 2.91. The van der Waals surface area contributed by atoms with Gasteiger partial charge in [-0.1, -0.05) is 0 Å². The summed E-state index contributed by atoms with van der Waals surface area (Å²) in [4.78, 5) is 14.4. The van der Waals surface area contributed by atoms with Gasteiger partial charge in [0, 0.05) is 32.2 Å². The Bertz CT molecular complexity index is 707. The van der Waals surface area contributed by atoms with Gasteiger partial charge in [-0.3, -0.25) is 4.79 Å². The molecule has 0 aliphatic carbocycles. The van der Waals surface area contributed by atoms with E-state index < -0.39 is 0 Å². The zero-order chi connectivity index (χ0) is 16.9. The van der Waals surface area contributed by atoms with Gasteiger partial charge in [0.05, 0.1) is 17.4 Å². The lowest BCUT2D eigenvalue weighted by Gasteiger charge is -2.17. The highest BCUT2D eigenvalue weighted by Gasteiger charge is 2.14. The van der Waals surface area contributed by atoms with E-state index >= 15 is 0 Å². The summed E-state index contributed by atoms with van der Waals surface area (Å²) in [7, 11) is 0. The topological polar surface area (TPSA) is 83.3 Å². The van der Waals surface area contributed by atoms with Crippen LogP contribution < -0.4 is 15.5 Å². The summed E-state index contributed by atoms with van der Waals surface area (Å²) in [5.74, 6) is 1.99. The van der Waals surface area contributed by atoms with Crippen LogP contribution in [0.1, 0.15) is 34.7 Å². The monoisotopic (exact) mass is 329 g/mol. The maximum atomic E-state index is 12.1. The number of nitrogens with zero attached hydrogens (tertiary/aromatic N) is 3. The molecule has 2 aromatic heterocycles. The van der Waals surface area contributed by atoms with Gasteiger partial charge in [0.15, 0.2) is 5.82 Å². The van der Waals surface area contributed by atoms with Gasteiger partial charge in [0.1, 0.15) is 11.5 Å². The summed E-state index contributed by atoms with van der Waals surface area (Å²) >= 11 is 0. The van der Waals surface area contributed by atoms with Gasteiger partial charge in [0.25, 0.3) is 5.91 Å². The number of aromatic nitrogens is 2. The molecule has 0 aromatic carbocycles. The summed E-state index contributed by atoms with van der Waals surface area (Å²) in [6.45, 7) is 6.85. The Balaban J connectivity index is 1.47. The number of hydrogen-bond donors (Lipinski definition) is 2. The van der Waals surface area contributed by atoms with Crippen molar-refractivity contribution in [1.82, 2.24) is 15.5 Å². The molecule has 0 unspecified atom stereocenters. The number of furan rings is 1. The number of amides is 1. The fourth-order valence-electron chi connectivity index (χ4n) is 2.91. The molecular formula is C17H23N5O2. The van der Waals surface area contributed by atoms with E-state index in [1.807, 2.05) is 13.0 Å². The molecule has 1 aliphatic rings. The van der Waals surface area contributed by atoms with E-state index in [0.717, 1.165) is 30.4 Å². The average Bonchev–Trinajstić information content (AvgIpc) is 3.21. The van der Waals surface area contributed by atoms with Crippen LogP contribution in [0.3, 0.4) is 0 Å². The van der Waals surface area contributed by atoms with Gasteiger partial charge in [-0.25, -0.2) is 0 Å². The highest BCUT2D eigenvalue weighted by atomic mass is 16.3. The van der Waals surface area contributed by atoms with Crippen molar-refractivity contribution in [1.29, 1.82) is 0 Å². The van der Waals surface area contributed by atoms with Crippen LogP contribution in [0.15, 0.2) is 22.7 Å². The largest absolute Gasteiger partial charge is 0.466 e. The quantitative estimate of drug-likeness (QED) is 0.790. The maximum absolute atomic E-state index is 12.1. The highest BCUT2D eigenvalue weighted by molar-refractivity contribution is 5.95. The summed E-state index contributed by atoms with van der Waals surface area (Å²) < 4.78 is 5.37. The average molecular weight is 329 g/mol. The maximum Gasteiger partial charge on any atom is 0.254 e. The molecule has 0 bridgehead atoms. The molecule has 7 nitrogen and oxygen atoms in total. The standard InChI is InChI=1S/C17H23N5O2/c1-12-9-15(13(2)24-12)17(23)19-6-5-18-16-10-14(11-20-21-16)22-7-3-4-8-22/h9-11H,3-8H2,1-2H3,(H,18,21)(H,19,23). The number of rotatable bonds is 6. The number of hydrogen-bond acceptors (Lipinski definition) is 6. The Hall–Kier alpha value is -2.57. The predicted octanol–water partition coefficient (Wildman–Crippen LogP) is 2.13. The van der Waals surface area contributed by atoms with Crippen molar-refractivity contribution in [2.24, 2.45) is 0 Å². The van der Waals surface area contributed by atoms with Crippen molar-refractivity contribution < 1.29 is 9.21 Å². The molecule has 1 amide bonds. The lowest BCUT2D eigenvalue weighted by atomic mass is 10.2. The van der Waals surface area contributed by atoms with E-state index in [2.05, 4.69) is 25.7 Å². The minimum absolute atomic E-state index is 0.122. The fraction of sp³-hybridized carbons (Fsp3) is 0.471. The smallest absolute Gasteiger partial charge is 0.254 e. The lowest BCUT2D eigenvalue weighted by Crippen LogP contribution is -2.29. The van der Waals surface area contributed by atoms with Crippen molar-refractivity contribution in [3.05, 3.63) is 35.4 Å². The van der Waals surface area contributed by atoms with Crippen LogP contribution >= 0.6 is 0 Å². The van der Waals surface area contributed by atoms with Crippen LogP contribution in [-0.4, -0.2) is 42.3 Å². The van der Waals surface area contributed by atoms with Crippen molar-refractivity contribution in [2.75, 3.05) is 36.4 Å². The molecule has 0 radical (unpaired) electrons. The summed E-state index contributed by atoms with van der Waals surface area (Å²) in [6, 6.07) is 3.76. The normalized spacial score (nSPS) is 14.0. The van der Waals surface area contributed by atoms with Crippen LogP contribution in [0.2, 0.25) is 0 Å². The molecule has 3 rings (SSSR count). The van der Waals surface area contributed by atoms with Crippen molar-refractivity contribution in [3.63, 3.8) is 0 Å². The summed E-state index contributed by atoms with van der Waals surface area (Å²) in [6.07, 6.45) is 4.25. The molecule has 24 heavy (non-hydrogen) atoms. The Morgan fingerprint density at radius 3 is 2.75 bits per heavy atom. The van der Waals surface area contributed by atoms with Crippen molar-refractivity contribution in [2.45, 2.75) is 26.7 Å². The summed E-state index contributed by atoms with van der Waals surface area (Å²) in [5, 5.41) is 14.2. The third kappa shape index (κ3) is 3.84. The van der Waals surface area contributed by atoms with Gasteiger partial charge >= 0.3 is 0 Å². The van der Waals surface area contributed by atoms with Crippen molar-refractivity contribution >= 4 is 17.4 Å². The van der Waals surface area contributed by atoms with E-state index in [4.69, 9.17) is 4.42 Å². The first-order chi connectivity index (χ1) is 11.6. The van der Waals surface area contributed by atoms with E-state index in [9.17, 15) is 4.79 Å². The van der Waals surface area contributed by atoms with Gasteiger partial charge < -0.3 is 20.0 Å². The van der Waals surface area contributed by atoms with Gasteiger partial charge in [-0.2, -0.15) is 5.10 Å². The van der Waals surface area contributed by atoms with Crippen LogP contribution in [0.25, 0.3) is 0 Å². The minimum atomic E-state index is -0.122. The number of anilines is 2. The van der Waals surface area contributed by atoms with Crippen LogP contribution in [0.5, 0.6) is 0 Å². The molecule has 1 aliphatic heterocycles. The van der Waals surface area contributed by atoms with Gasteiger partial charge in [-0.05, 0) is 32.8 Å². The first kappa shape index (κ1) is 16.3. The first-order valence-corrected chi connectivity index (χ1v) is 8.30. The molecular weight excluding hydrogens is 306 g/mol. The van der Waals surface area contributed by atoms with Crippen molar-refractivity contribution in [3.8, 4) is 0 Å². The van der Waals surface area contributed by atoms with E-state index in [1.165, 1.54) is 12.8 Å². The molecule has 1 fully saturated rings. The Morgan fingerprint density at radius 1 is 1.25 bits per heavy atom. The van der Waals surface area contributed by atoms with Crippen LogP contribution in [0.4, 0.5) is 11.5 Å². The van der Waals surface area contributed by atoms with Crippen LogP contribution in [0, 0.1) is 13.8 Å². The SMILES string of the molecule is Cc1cc(C(=O)NCCNc2cc(N3CCCC3)cnn2)c(C)o1.